The molecule has 0 aromatic heterocycles. The summed E-state index contributed by atoms with van der Waals surface area (Å²) >= 11 is 5.49. The van der Waals surface area contributed by atoms with Crippen molar-refractivity contribution < 1.29 is 9.18 Å². The number of carbonyl (C=O) groups excluding carboxylic acids is 1. The molecular formula is C19H19FN4OS. The third kappa shape index (κ3) is 4.16. The van der Waals surface area contributed by atoms with Crippen LogP contribution in [0.1, 0.15) is 29.8 Å². The van der Waals surface area contributed by atoms with Crippen molar-refractivity contribution in [1.82, 2.24) is 0 Å². The molecular weight excluding hydrogens is 351 g/mol. The van der Waals surface area contributed by atoms with Gasteiger partial charge in [0.15, 0.2) is 10.8 Å². The van der Waals surface area contributed by atoms with Gasteiger partial charge in [-0.15, -0.1) is 0 Å². The normalized spacial score (nSPS) is 10.3. The number of nitrogens with two attached hydrogens (primary N) is 1. The molecule has 2 rings (SSSR count). The number of carbonyl (C=O) groups is 1. The Morgan fingerprint density at radius 1 is 1.31 bits per heavy atom. The summed E-state index contributed by atoms with van der Waals surface area (Å²) in [6, 6.07) is 9.44. The minimum absolute atomic E-state index is 0.0579. The van der Waals surface area contributed by atoms with Crippen LogP contribution in [0.15, 0.2) is 36.4 Å². The van der Waals surface area contributed by atoms with Gasteiger partial charge in [0.1, 0.15) is 5.82 Å². The number of halogens is 1. The molecule has 0 aliphatic carbocycles. The average molecular weight is 370 g/mol. The van der Waals surface area contributed by atoms with Gasteiger partial charge in [-0.1, -0.05) is 6.07 Å². The first-order valence-electron chi connectivity index (χ1n) is 7.92. The predicted octanol–water partition coefficient (Wildman–Crippen LogP) is 4.40. The number of nitrogens with zero attached hydrogens (tertiary/aromatic N) is 2. The van der Waals surface area contributed by atoms with Gasteiger partial charge in [-0.3, -0.25) is 4.79 Å². The van der Waals surface area contributed by atoms with Crippen LogP contribution in [0.2, 0.25) is 0 Å². The van der Waals surface area contributed by atoms with Gasteiger partial charge < -0.3 is 16.0 Å². The number of benzene rings is 2. The number of anilines is 2. The lowest BCUT2D eigenvalue weighted by Gasteiger charge is -2.30. The fourth-order valence-electron chi connectivity index (χ4n) is 2.55. The molecule has 0 atom stereocenters. The second-order valence-corrected chi connectivity index (χ2v) is 6.42. The molecule has 0 bridgehead atoms. The SMILES string of the molecule is [C-]#[N+]c1ccc(NC(=S)N(c2ccc(C(N)=O)c(F)c2)C(C)C)cc1C. The fourth-order valence-corrected chi connectivity index (χ4v) is 2.98. The second kappa shape index (κ2) is 7.93. The Morgan fingerprint density at radius 3 is 2.50 bits per heavy atom. The summed E-state index contributed by atoms with van der Waals surface area (Å²) in [4.78, 5) is 16.4. The summed E-state index contributed by atoms with van der Waals surface area (Å²) in [5.74, 6) is -1.51. The fraction of sp³-hybridized carbons (Fsp3) is 0.211. The molecule has 5 nitrogen and oxygen atoms in total. The second-order valence-electron chi connectivity index (χ2n) is 6.04. The van der Waals surface area contributed by atoms with Crippen molar-refractivity contribution in [1.29, 1.82) is 0 Å². The summed E-state index contributed by atoms with van der Waals surface area (Å²) in [6.07, 6.45) is 0. The first kappa shape index (κ1) is 19.3. The molecule has 1 amide bonds. The van der Waals surface area contributed by atoms with E-state index in [1.165, 1.54) is 12.1 Å². The molecule has 0 aliphatic rings. The van der Waals surface area contributed by atoms with Crippen LogP contribution in [0, 0.1) is 19.3 Å². The number of hydrogen-bond donors (Lipinski definition) is 2. The van der Waals surface area contributed by atoms with Gasteiger partial charge in [-0.05, 0) is 68.9 Å². The van der Waals surface area contributed by atoms with Crippen molar-refractivity contribution in [3.05, 3.63) is 64.8 Å². The predicted molar refractivity (Wildman–Crippen MR) is 106 cm³/mol. The Labute approximate surface area is 157 Å². The van der Waals surface area contributed by atoms with Crippen LogP contribution in [0.25, 0.3) is 4.85 Å². The third-order valence-corrected chi connectivity index (χ3v) is 4.10. The van der Waals surface area contributed by atoms with E-state index < -0.39 is 11.7 Å². The van der Waals surface area contributed by atoms with Gasteiger partial charge in [0.05, 0.1) is 12.1 Å². The van der Waals surface area contributed by atoms with Crippen LogP contribution in [-0.2, 0) is 0 Å². The number of amides is 1. The highest BCUT2D eigenvalue weighted by molar-refractivity contribution is 7.80. The first-order valence-corrected chi connectivity index (χ1v) is 8.33. The Bertz CT molecular complexity index is 905. The van der Waals surface area contributed by atoms with E-state index in [0.717, 1.165) is 11.3 Å². The lowest BCUT2D eigenvalue weighted by Crippen LogP contribution is -2.40. The Hall–Kier alpha value is -2.98. The molecule has 7 heteroatoms. The monoisotopic (exact) mass is 370 g/mol. The van der Waals surface area contributed by atoms with Crippen molar-refractivity contribution in [3.8, 4) is 0 Å². The number of rotatable bonds is 4. The summed E-state index contributed by atoms with van der Waals surface area (Å²) in [5.41, 5.74) is 7.64. The zero-order chi connectivity index (χ0) is 19.4. The maximum atomic E-state index is 14.1. The van der Waals surface area contributed by atoms with Crippen molar-refractivity contribution in [2.24, 2.45) is 5.73 Å². The molecule has 134 valence electrons. The lowest BCUT2D eigenvalue weighted by molar-refractivity contribution is 0.0996. The highest BCUT2D eigenvalue weighted by atomic mass is 32.1. The number of thiocarbonyl (C=S) groups is 1. The van der Waals surface area contributed by atoms with Crippen LogP contribution in [0.5, 0.6) is 0 Å². The van der Waals surface area contributed by atoms with Gasteiger partial charge in [-0.2, -0.15) is 0 Å². The summed E-state index contributed by atoms with van der Waals surface area (Å²) < 4.78 is 14.1. The molecule has 2 aromatic rings. The molecule has 0 unspecified atom stereocenters. The number of nitrogens with one attached hydrogen (secondary N) is 1. The van der Waals surface area contributed by atoms with E-state index in [4.69, 9.17) is 24.5 Å². The summed E-state index contributed by atoms with van der Waals surface area (Å²) in [6.45, 7) is 12.8. The van der Waals surface area contributed by atoms with Gasteiger partial charge in [-0.25, -0.2) is 9.24 Å². The number of hydrogen-bond acceptors (Lipinski definition) is 2. The van der Waals surface area contributed by atoms with Crippen molar-refractivity contribution >= 4 is 40.3 Å². The van der Waals surface area contributed by atoms with E-state index in [0.29, 0.717) is 16.5 Å². The van der Waals surface area contributed by atoms with Gasteiger partial charge in [0.25, 0.3) is 5.91 Å². The van der Waals surface area contributed by atoms with Gasteiger partial charge >= 0.3 is 0 Å². The maximum Gasteiger partial charge on any atom is 0.251 e. The maximum absolute atomic E-state index is 14.1. The van der Waals surface area contributed by atoms with Crippen LogP contribution >= 0.6 is 12.2 Å². The molecule has 26 heavy (non-hydrogen) atoms. The van der Waals surface area contributed by atoms with Crippen molar-refractivity contribution in [2.45, 2.75) is 26.8 Å². The lowest BCUT2D eigenvalue weighted by atomic mass is 10.1. The zero-order valence-corrected chi connectivity index (χ0v) is 15.5. The Morgan fingerprint density at radius 2 is 2.00 bits per heavy atom. The minimum Gasteiger partial charge on any atom is -0.366 e. The molecule has 0 spiro atoms. The highest BCUT2D eigenvalue weighted by Crippen LogP contribution is 2.25. The molecule has 0 fully saturated rings. The standard InChI is InChI=1S/C19H19FN4OS/c1-11(2)24(14-6-7-15(18(21)25)16(20)10-14)19(26)23-13-5-8-17(22-4)12(3)9-13/h5-11H,1-3H3,(H2,21,25)(H,23,26). The number of primary amides is 1. The van der Waals surface area contributed by atoms with Crippen LogP contribution in [-0.4, -0.2) is 17.1 Å². The quantitative estimate of drug-likeness (QED) is 0.619. The molecule has 0 radical (unpaired) electrons. The molecule has 0 saturated carbocycles. The van der Waals surface area contributed by atoms with Crippen LogP contribution in [0.3, 0.4) is 0 Å². The van der Waals surface area contributed by atoms with E-state index in [1.54, 1.807) is 23.1 Å². The molecule has 3 N–H and O–H groups in total. The topological polar surface area (TPSA) is 62.7 Å². The Kier molecular flexibility index (Phi) is 5.90. The van der Waals surface area contributed by atoms with E-state index in [2.05, 4.69) is 10.2 Å². The first-order chi connectivity index (χ1) is 12.2. The molecule has 2 aromatic carbocycles. The highest BCUT2D eigenvalue weighted by Gasteiger charge is 2.19. The third-order valence-electron chi connectivity index (χ3n) is 3.80. The van der Waals surface area contributed by atoms with Crippen LogP contribution < -0.4 is 16.0 Å². The summed E-state index contributed by atoms with van der Waals surface area (Å²) in [7, 11) is 0. The molecule has 0 saturated heterocycles. The zero-order valence-electron chi connectivity index (χ0n) is 14.7. The Balaban J connectivity index is 2.31. The van der Waals surface area contributed by atoms with Crippen molar-refractivity contribution in [2.75, 3.05) is 10.2 Å². The number of aryl methyl sites for hydroxylation is 1. The van der Waals surface area contributed by atoms with Gasteiger partial charge in [0, 0.05) is 17.4 Å². The molecule has 0 aliphatic heterocycles. The largest absolute Gasteiger partial charge is 0.366 e. The minimum atomic E-state index is -0.818. The van der Waals surface area contributed by atoms with Crippen LogP contribution in [0.4, 0.5) is 21.5 Å². The van der Waals surface area contributed by atoms with Gasteiger partial charge in [0.2, 0.25) is 0 Å². The average Bonchev–Trinajstić information content (AvgIpc) is 2.54. The summed E-state index contributed by atoms with van der Waals surface area (Å²) in [5, 5.41) is 3.49. The van der Waals surface area contributed by atoms with Crippen molar-refractivity contribution in [3.63, 3.8) is 0 Å². The van der Waals surface area contributed by atoms with E-state index in [-0.39, 0.29) is 11.6 Å². The van der Waals surface area contributed by atoms with E-state index >= 15 is 0 Å². The molecule has 0 heterocycles. The van der Waals surface area contributed by atoms with E-state index in [9.17, 15) is 9.18 Å². The van der Waals surface area contributed by atoms with E-state index in [1.807, 2.05) is 26.8 Å². The smallest absolute Gasteiger partial charge is 0.251 e.